The van der Waals surface area contributed by atoms with Crippen LogP contribution in [0.3, 0.4) is 0 Å². The van der Waals surface area contributed by atoms with Gasteiger partial charge in [0.05, 0.1) is 13.2 Å². The summed E-state index contributed by atoms with van der Waals surface area (Å²) in [6, 6.07) is 19.8. The molecule has 0 bridgehead atoms. The van der Waals surface area contributed by atoms with Gasteiger partial charge >= 0.3 is 11.9 Å². The Kier molecular flexibility index (Phi) is 15.8. The number of ether oxygens (including phenoxy) is 2. The highest BCUT2D eigenvalue weighted by atomic mass is 16.5. The number of carbonyl (C=O) groups is 4. The van der Waals surface area contributed by atoms with Crippen molar-refractivity contribution in [2.75, 3.05) is 52.4 Å². The second-order valence-electron chi connectivity index (χ2n) is 9.64. The molecular weight excluding hydrogens is 544 g/mol. The molecule has 12 heteroatoms. The Balaban J connectivity index is 0.000000247. The number of piperazine rings is 2. The van der Waals surface area contributed by atoms with E-state index in [1.807, 2.05) is 84.3 Å². The lowest BCUT2D eigenvalue weighted by atomic mass is 10.2. The van der Waals surface area contributed by atoms with Crippen molar-refractivity contribution in [2.45, 2.75) is 39.3 Å². The molecule has 2 aromatic rings. The Morgan fingerprint density at radius 1 is 0.643 bits per heavy atom. The SMILES string of the molecule is CC(OCc1ccccc1)C(=O)N1CCNCC1.CC(OCc1ccccc1)C(=O)N1CCNCC1.O=C(O)C(=O)O. The van der Waals surface area contributed by atoms with Crippen molar-refractivity contribution >= 4 is 23.8 Å². The zero-order valence-electron chi connectivity index (χ0n) is 24.2. The molecule has 230 valence electrons. The molecule has 2 saturated heterocycles. The van der Waals surface area contributed by atoms with Gasteiger partial charge in [-0.2, -0.15) is 0 Å². The van der Waals surface area contributed by atoms with E-state index in [4.69, 9.17) is 29.3 Å². The Morgan fingerprint density at radius 3 is 1.24 bits per heavy atom. The lowest BCUT2D eigenvalue weighted by Crippen LogP contribution is -2.49. The lowest BCUT2D eigenvalue weighted by Gasteiger charge is -2.29. The molecule has 0 aliphatic carbocycles. The molecule has 0 spiro atoms. The first kappa shape index (κ1) is 34.4. The number of carboxylic acids is 2. The molecule has 12 nitrogen and oxygen atoms in total. The van der Waals surface area contributed by atoms with E-state index in [0.29, 0.717) is 13.2 Å². The summed E-state index contributed by atoms with van der Waals surface area (Å²) in [6.45, 7) is 11.2. The number of hydrogen-bond donors (Lipinski definition) is 4. The predicted molar refractivity (Wildman–Crippen MR) is 156 cm³/mol. The molecule has 42 heavy (non-hydrogen) atoms. The van der Waals surface area contributed by atoms with Gasteiger partial charge in [-0.1, -0.05) is 60.7 Å². The zero-order chi connectivity index (χ0) is 30.7. The topological polar surface area (TPSA) is 158 Å². The van der Waals surface area contributed by atoms with Crippen molar-refractivity contribution in [1.82, 2.24) is 20.4 Å². The Morgan fingerprint density at radius 2 is 0.952 bits per heavy atom. The fourth-order valence-corrected chi connectivity index (χ4v) is 4.02. The summed E-state index contributed by atoms with van der Waals surface area (Å²) in [7, 11) is 0. The number of hydrogen-bond acceptors (Lipinski definition) is 8. The monoisotopic (exact) mass is 586 g/mol. The van der Waals surface area contributed by atoms with Crippen LogP contribution in [-0.2, 0) is 41.9 Å². The molecule has 2 aliphatic heterocycles. The summed E-state index contributed by atoms with van der Waals surface area (Å²) in [6.07, 6.45) is -0.744. The number of amides is 2. The highest BCUT2D eigenvalue weighted by Gasteiger charge is 2.23. The maximum Gasteiger partial charge on any atom is 0.414 e. The van der Waals surface area contributed by atoms with Crippen molar-refractivity contribution in [2.24, 2.45) is 0 Å². The molecule has 0 radical (unpaired) electrons. The summed E-state index contributed by atoms with van der Waals surface area (Å²) in [5.74, 6) is -3.47. The molecule has 4 rings (SSSR count). The molecule has 0 aromatic heterocycles. The number of rotatable bonds is 8. The summed E-state index contributed by atoms with van der Waals surface area (Å²) < 4.78 is 11.3. The molecule has 2 fully saturated rings. The molecule has 2 atom stereocenters. The van der Waals surface area contributed by atoms with E-state index < -0.39 is 11.9 Å². The zero-order valence-corrected chi connectivity index (χ0v) is 24.2. The van der Waals surface area contributed by atoms with Crippen LogP contribution in [0, 0.1) is 0 Å². The first-order valence-electron chi connectivity index (χ1n) is 13.9. The first-order chi connectivity index (χ1) is 20.2. The van der Waals surface area contributed by atoms with Gasteiger partial charge in [0.2, 0.25) is 0 Å². The number of nitrogens with zero attached hydrogens (tertiary/aromatic N) is 2. The standard InChI is InChI=1S/2C14H20N2O2.C2H2O4/c2*1-12(14(17)16-9-7-15-8-10-16)18-11-13-5-3-2-4-6-13;3-1(4)2(5)6/h2*2-6,12,15H,7-11H2,1H3;(H,3,4)(H,5,6). The molecular formula is C30H42N4O8. The first-order valence-corrected chi connectivity index (χ1v) is 13.9. The van der Waals surface area contributed by atoms with Crippen LogP contribution in [0.5, 0.6) is 0 Å². The number of aliphatic carboxylic acids is 2. The number of benzene rings is 2. The van der Waals surface area contributed by atoms with Crippen molar-refractivity contribution in [3.05, 3.63) is 71.8 Å². The smallest absolute Gasteiger partial charge is 0.414 e. The van der Waals surface area contributed by atoms with Crippen LogP contribution in [0.25, 0.3) is 0 Å². The number of nitrogens with one attached hydrogen (secondary N) is 2. The summed E-state index contributed by atoms with van der Waals surface area (Å²) in [5, 5.41) is 21.2. The van der Waals surface area contributed by atoms with E-state index in [-0.39, 0.29) is 24.0 Å². The molecule has 2 aliphatic rings. The van der Waals surface area contributed by atoms with E-state index in [1.54, 1.807) is 0 Å². The van der Waals surface area contributed by atoms with Gasteiger partial charge in [-0.3, -0.25) is 9.59 Å². The van der Waals surface area contributed by atoms with Crippen LogP contribution >= 0.6 is 0 Å². The molecule has 2 unspecified atom stereocenters. The Hall–Kier alpha value is -3.84. The van der Waals surface area contributed by atoms with Crippen LogP contribution in [0.4, 0.5) is 0 Å². The molecule has 2 aromatic carbocycles. The minimum Gasteiger partial charge on any atom is -0.473 e. The minimum absolute atomic E-state index is 0.0902. The van der Waals surface area contributed by atoms with Crippen LogP contribution in [0.15, 0.2) is 60.7 Å². The van der Waals surface area contributed by atoms with Gasteiger partial charge in [0.15, 0.2) is 0 Å². The van der Waals surface area contributed by atoms with Crippen molar-refractivity contribution in [3.63, 3.8) is 0 Å². The van der Waals surface area contributed by atoms with E-state index in [0.717, 1.165) is 63.5 Å². The van der Waals surface area contributed by atoms with Crippen molar-refractivity contribution in [3.8, 4) is 0 Å². The summed E-state index contributed by atoms with van der Waals surface area (Å²) >= 11 is 0. The predicted octanol–water partition coefficient (Wildman–Crippen LogP) is 1.20. The van der Waals surface area contributed by atoms with E-state index in [2.05, 4.69) is 10.6 Å². The maximum absolute atomic E-state index is 12.1. The lowest BCUT2D eigenvalue weighted by molar-refractivity contribution is -0.159. The fourth-order valence-electron chi connectivity index (χ4n) is 4.02. The van der Waals surface area contributed by atoms with E-state index >= 15 is 0 Å². The highest BCUT2D eigenvalue weighted by molar-refractivity contribution is 6.27. The Bertz CT molecular complexity index is 1000. The van der Waals surface area contributed by atoms with Crippen molar-refractivity contribution in [1.29, 1.82) is 0 Å². The van der Waals surface area contributed by atoms with Crippen LogP contribution in [0.2, 0.25) is 0 Å². The molecule has 0 saturated carbocycles. The summed E-state index contributed by atoms with van der Waals surface area (Å²) in [4.78, 5) is 46.1. The van der Waals surface area contributed by atoms with Gasteiger partial charge in [-0.15, -0.1) is 0 Å². The number of carboxylic acid groups (broad SMARTS) is 2. The second kappa shape index (κ2) is 19.3. The quantitative estimate of drug-likeness (QED) is 0.331. The second-order valence-corrected chi connectivity index (χ2v) is 9.64. The van der Waals surface area contributed by atoms with Gasteiger partial charge < -0.3 is 40.1 Å². The molecule has 2 heterocycles. The maximum atomic E-state index is 12.1. The average Bonchev–Trinajstić information content (AvgIpc) is 3.04. The van der Waals surface area contributed by atoms with Gasteiger partial charge in [0, 0.05) is 52.4 Å². The molecule has 2 amide bonds. The Labute approximate surface area is 246 Å². The fraction of sp³-hybridized carbons (Fsp3) is 0.467. The van der Waals surface area contributed by atoms with Gasteiger partial charge in [-0.05, 0) is 25.0 Å². The van der Waals surface area contributed by atoms with Gasteiger partial charge in [0.1, 0.15) is 12.2 Å². The van der Waals surface area contributed by atoms with E-state index in [1.165, 1.54) is 0 Å². The summed E-state index contributed by atoms with van der Waals surface area (Å²) in [5.41, 5.74) is 2.19. The van der Waals surface area contributed by atoms with Crippen LogP contribution in [-0.4, -0.2) is 108 Å². The minimum atomic E-state index is -1.82. The van der Waals surface area contributed by atoms with Crippen molar-refractivity contribution < 1.29 is 38.9 Å². The van der Waals surface area contributed by atoms with Crippen LogP contribution < -0.4 is 10.6 Å². The normalized spacial score (nSPS) is 16.0. The number of carbonyl (C=O) groups excluding carboxylic acids is 2. The third-order valence-electron chi connectivity index (χ3n) is 6.42. The van der Waals surface area contributed by atoms with Gasteiger partial charge in [-0.25, -0.2) is 9.59 Å². The van der Waals surface area contributed by atoms with Gasteiger partial charge in [0.25, 0.3) is 11.8 Å². The van der Waals surface area contributed by atoms with Crippen LogP contribution in [0.1, 0.15) is 25.0 Å². The largest absolute Gasteiger partial charge is 0.473 e. The third kappa shape index (κ3) is 13.2. The van der Waals surface area contributed by atoms with E-state index in [9.17, 15) is 9.59 Å². The average molecular weight is 587 g/mol. The molecule has 4 N–H and O–H groups in total. The highest BCUT2D eigenvalue weighted by Crippen LogP contribution is 2.08. The third-order valence-corrected chi connectivity index (χ3v) is 6.42.